The fraction of sp³-hybridized carbons (Fsp3) is 0.350. The molecule has 0 fully saturated rings. The van der Waals surface area contributed by atoms with Gasteiger partial charge in [0, 0.05) is 12.6 Å². The molecule has 140 valence electrons. The minimum Gasteiger partial charge on any atom is -0.353 e. The number of amides is 1. The molecule has 1 atom stereocenters. The Kier molecular flexibility index (Phi) is 7.36. The molecule has 0 aliphatic heterocycles. The lowest BCUT2D eigenvalue weighted by atomic mass is 10.1. The van der Waals surface area contributed by atoms with Crippen molar-refractivity contribution >= 4 is 15.9 Å². The summed E-state index contributed by atoms with van der Waals surface area (Å²) in [5.41, 5.74) is 1.03. The number of sulfonamides is 1. The van der Waals surface area contributed by atoms with Gasteiger partial charge in [-0.05, 0) is 37.5 Å². The molecular weight excluding hydrogens is 348 g/mol. The number of carbonyl (C=O) groups excluding carboxylic acids is 1. The van der Waals surface area contributed by atoms with Gasteiger partial charge in [-0.2, -0.15) is 4.31 Å². The Bertz CT molecular complexity index is 792. The van der Waals surface area contributed by atoms with Crippen LogP contribution in [-0.4, -0.2) is 37.8 Å². The maximum Gasteiger partial charge on any atom is 0.243 e. The zero-order valence-corrected chi connectivity index (χ0v) is 16.1. The van der Waals surface area contributed by atoms with E-state index < -0.39 is 10.0 Å². The van der Waals surface area contributed by atoms with Crippen LogP contribution >= 0.6 is 0 Å². The number of rotatable bonds is 9. The molecule has 1 amide bonds. The molecule has 2 rings (SSSR count). The Morgan fingerprint density at radius 2 is 1.62 bits per heavy atom. The SMILES string of the molecule is CC[C@H](C)NC(=O)CN(CCc1ccccc1)S(=O)(=O)c1ccccc1. The van der Waals surface area contributed by atoms with Crippen molar-refractivity contribution in [2.45, 2.75) is 37.6 Å². The van der Waals surface area contributed by atoms with Gasteiger partial charge in [0.2, 0.25) is 15.9 Å². The molecule has 0 aliphatic carbocycles. The van der Waals surface area contributed by atoms with Crippen LogP contribution in [0.4, 0.5) is 0 Å². The summed E-state index contributed by atoms with van der Waals surface area (Å²) in [5.74, 6) is -0.285. The van der Waals surface area contributed by atoms with Crippen LogP contribution in [0.1, 0.15) is 25.8 Å². The molecule has 0 aliphatic rings. The fourth-order valence-electron chi connectivity index (χ4n) is 2.51. The average Bonchev–Trinajstić information content (AvgIpc) is 2.66. The molecule has 0 saturated carbocycles. The molecule has 2 aromatic rings. The molecular formula is C20H26N2O3S. The van der Waals surface area contributed by atoms with Gasteiger partial charge < -0.3 is 5.32 Å². The van der Waals surface area contributed by atoms with E-state index in [4.69, 9.17) is 0 Å². The summed E-state index contributed by atoms with van der Waals surface area (Å²) in [6, 6.07) is 17.9. The van der Waals surface area contributed by atoms with Crippen molar-refractivity contribution in [3.8, 4) is 0 Å². The van der Waals surface area contributed by atoms with Gasteiger partial charge in [0.25, 0.3) is 0 Å². The van der Waals surface area contributed by atoms with E-state index in [2.05, 4.69) is 5.32 Å². The van der Waals surface area contributed by atoms with Crippen molar-refractivity contribution in [2.75, 3.05) is 13.1 Å². The van der Waals surface area contributed by atoms with Gasteiger partial charge in [-0.1, -0.05) is 55.5 Å². The quantitative estimate of drug-likeness (QED) is 0.734. The van der Waals surface area contributed by atoms with E-state index in [0.29, 0.717) is 6.42 Å². The van der Waals surface area contributed by atoms with Gasteiger partial charge in [-0.25, -0.2) is 8.42 Å². The minimum atomic E-state index is -3.74. The highest BCUT2D eigenvalue weighted by Gasteiger charge is 2.26. The summed E-state index contributed by atoms with van der Waals surface area (Å²) in [7, 11) is -3.74. The third-order valence-corrected chi connectivity index (χ3v) is 6.07. The molecule has 0 unspecified atom stereocenters. The number of hydrogen-bond acceptors (Lipinski definition) is 3. The summed E-state index contributed by atoms with van der Waals surface area (Å²) >= 11 is 0. The largest absolute Gasteiger partial charge is 0.353 e. The van der Waals surface area contributed by atoms with Crippen LogP contribution < -0.4 is 5.32 Å². The third-order valence-electron chi connectivity index (χ3n) is 4.21. The van der Waals surface area contributed by atoms with E-state index in [1.807, 2.05) is 44.2 Å². The van der Waals surface area contributed by atoms with Crippen molar-refractivity contribution in [1.29, 1.82) is 0 Å². The Balaban J connectivity index is 2.19. The van der Waals surface area contributed by atoms with Crippen molar-refractivity contribution in [2.24, 2.45) is 0 Å². The third kappa shape index (κ3) is 5.68. The molecule has 6 heteroatoms. The zero-order valence-electron chi connectivity index (χ0n) is 15.3. The Labute approximate surface area is 156 Å². The van der Waals surface area contributed by atoms with Gasteiger partial charge in [0.15, 0.2) is 0 Å². The summed E-state index contributed by atoms with van der Waals surface area (Å²) in [6.07, 6.45) is 1.34. The first-order valence-corrected chi connectivity index (χ1v) is 10.3. The van der Waals surface area contributed by atoms with Crippen molar-refractivity contribution in [1.82, 2.24) is 9.62 Å². The van der Waals surface area contributed by atoms with Crippen LogP contribution in [0.25, 0.3) is 0 Å². The van der Waals surface area contributed by atoms with E-state index in [0.717, 1.165) is 12.0 Å². The van der Waals surface area contributed by atoms with Gasteiger partial charge in [0.05, 0.1) is 11.4 Å². The minimum absolute atomic E-state index is 0.0119. The second-order valence-electron chi connectivity index (χ2n) is 6.26. The number of benzene rings is 2. The van der Waals surface area contributed by atoms with Crippen LogP contribution in [0.3, 0.4) is 0 Å². The molecule has 0 radical (unpaired) electrons. The lowest BCUT2D eigenvalue weighted by Crippen LogP contribution is -2.44. The van der Waals surface area contributed by atoms with Crippen LogP contribution in [0.15, 0.2) is 65.6 Å². The predicted octanol–water partition coefficient (Wildman–Crippen LogP) is 2.83. The van der Waals surface area contributed by atoms with E-state index in [-0.39, 0.29) is 29.9 Å². The predicted molar refractivity (Wildman–Crippen MR) is 103 cm³/mol. The van der Waals surface area contributed by atoms with Crippen molar-refractivity contribution in [3.63, 3.8) is 0 Å². The van der Waals surface area contributed by atoms with Crippen LogP contribution in [0, 0.1) is 0 Å². The lowest BCUT2D eigenvalue weighted by molar-refractivity contribution is -0.121. The van der Waals surface area contributed by atoms with E-state index in [9.17, 15) is 13.2 Å². The van der Waals surface area contributed by atoms with Crippen LogP contribution in [-0.2, 0) is 21.2 Å². The second-order valence-corrected chi connectivity index (χ2v) is 8.20. The first kappa shape index (κ1) is 20.1. The van der Waals surface area contributed by atoms with Gasteiger partial charge >= 0.3 is 0 Å². The van der Waals surface area contributed by atoms with Gasteiger partial charge in [-0.15, -0.1) is 0 Å². The Morgan fingerprint density at radius 1 is 1.04 bits per heavy atom. The number of carbonyl (C=O) groups is 1. The van der Waals surface area contributed by atoms with E-state index in [1.165, 1.54) is 4.31 Å². The molecule has 5 nitrogen and oxygen atoms in total. The standard InChI is InChI=1S/C20H26N2O3S/c1-3-17(2)21-20(23)16-22(15-14-18-10-6-4-7-11-18)26(24,25)19-12-8-5-9-13-19/h4-13,17H,3,14-16H2,1-2H3,(H,21,23)/t17-/m0/s1. The first-order valence-electron chi connectivity index (χ1n) is 8.82. The summed E-state index contributed by atoms with van der Waals surface area (Å²) in [6.45, 7) is 3.93. The fourth-order valence-corrected chi connectivity index (χ4v) is 3.93. The lowest BCUT2D eigenvalue weighted by Gasteiger charge is -2.23. The smallest absolute Gasteiger partial charge is 0.243 e. The summed E-state index contributed by atoms with van der Waals surface area (Å²) in [5, 5.41) is 2.84. The molecule has 1 N–H and O–H groups in total. The molecule has 2 aromatic carbocycles. The van der Waals surface area contributed by atoms with Gasteiger partial charge in [-0.3, -0.25) is 4.79 Å². The molecule has 0 aromatic heterocycles. The second kappa shape index (κ2) is 9.50. The maximum atomic E-state index is 13.0. The molecule has 0 saturated heterocycles. The summed E-state index contributed by atoms with van der Waals surface area (Å²) < 4.78 is 27.2. The highest BCUT2D eigenvalue weighted by molar-refractivity contribution is 7.89. The zero-order chi connectivity index (χ0) is 19.0. The van der Waals surface area contributed by atoms with Gasteiger partial charge in [0.1, 0.15) is 0 Å². The number of hydrogen-bond donors (Lipinski definition) is 1. The maximum absolute atomic E-state index is 13.0. The topological polar surface area (TPSA) is 66.5 Å². The highest BCUT2D eigenvalue weighted by Crippen LogP contribution is 2.16. The van der Waals surface area contributed by atoms with Crippen LogP contribution in [0.2, 0.25) is 0 Å². The van der Waals surface area contributed by atoms with E-state index >= 15 is 0 Å². The monoisotopic (exact) mass is 374 g/mol. The summed E-state index contributed by atoms with van der Waals surface area (Å²) in [4.78, 5) is 12.5. The normalized spacial score (nSPS) is 12.7. The van der Waals surface area contributed by atoms with E-state index in [1.54, 1.807) is 30.3 Å². The highest BCUT2D eigenvalue weighted by atomic mass is 32.2. The molecule has 0 spiro atoms. The number of nitrogens with zero attached hydrogens (tertiary/aromatic N) is 1. The van der Waals surface area contributed by atoms with Crippen molar-refractivity contribution < 1.29 is 13.2 Å². The van der Waals surface area contributed by atoms with Crippen LogP contribution in [0.5, 0.6) is 0 Å². The molecule has 0 bridgehead atoms. The Morgan fingerprint density at radius 3 is 2.19 bits per heavy atom. The number of nitrogens with one attached hydrogen (secondary N) is 1. The Hall–Kier alpha value is -2.18. The average molecular weight is 375 g/mol. The van der Waals surface area contributed by atoms with Crippen molar-refractivity contribution in [3.05, 3.63) is 66.2 Å². The molecule has 26 heavy (non-hydrogen) atoms. The first-order chi connectivity index (χ1) is 12.4. The molecule has 0 heterocycles.